The minimum Gasteiger partial charge on any atom is -0.327 e. The van der Waals surface area contributed by atoms with Crippen LogP contribution in [0.15, 0.2) is 30.5 Å². The van der Waals surface area contributed by atoms with Crippen LogP contribution in [-0.2, 0) is 13.1 Å². The summed E-state index contributed by atoms with van der Waals surface area (Å²) in [5.41, 5.74) is 7.49. The van der Waals surface area contributed by atoms with Gasteiger partial charge in [0.25, 0.3) is 0 Å². The van der Waals surface area contributed by atoms with E-state index in [1.807, 2.05) is 17.6 Å². The van der Waals surface area contributed by atoms with E-state index in [0.29, 0.717) is 13.1 Å². The molecule has 0 saturated carbocycles. The number of aromatic nitrogens is 2. The van der Waals surface area contributed by atoms with Crippen LogP contribution in [0.1, 0.15) is 17.1 Å². The Balaban J connectivity index is 2.29. The predicted molar refractivity (Wildman–Crippen MR) is 60.4 cm³/mol. The van der Waals surface area contributed by atoms with E-state index < -0.39 is 0 Å². The lowest BCUT2D eigenvalue weighted by atomic mass is 10.2. The fraction of sp³-hybridized carbons (Fsp3) is 0.250. The normalized spacial score (nSPS) is 10.7. The van der Waals surface area contributed by atoms with Gasteiger partial charge in [-0.25, -0.2) is 9.37 Å². The van der Waals surface area contributed by atoms with Gasteiger partial charge in [-0.2, -0.15) is 0 Å². The molecule has 2 N–H and O–H groups in total. The van der Waals surface area contributed by atoms with Crippen LogP contribution in [0.3, 0.4) is 0 Å². The van der Waals surface area contributed by atoms with Gasteiger partial charge in [0.15, 0.2) is 0 Å². The molecule has 0 aliphatic heterocycles. The van der Waals surface area contributed by atoms with Crippen LogP contribution in [0.5, 0.6) is 0 Å². The molecule has 0 aliphatic rings. The molecule has 0 radical (unpaired) electrons. The number of rotatable bonds is 3. The molecular formula is C12H14FN3. The van der Waals surface area contributed by atoms with Gasteiger partial charge >= 0.3 is 0 Å². The van der Waals surface area contributed by atoms with Crippen molar-refractivity contribution in [1.29, 1.82) is 0 Å². The molecule has 0 atom stereocenters. The van der Waals surface area contributed by atoms with E-state index in [2.05, 4.69) is 4.98 Å². The highest BCUT2D eigenvalue weighted by Crippen LogP contribution is 2.10. The smallest absolute Gasteiger partial charge is 0.123 e. The number of hydrogen-bond acceptors (Lipinski definition) is 2. The Morgan fingerprint density at radius 2 is 2.25 bits per heavy atom. The van der Waals surface area contributed by atoms with Gasteiger partial charge in [0.05, 0.1) is 5.69 Å². The van der Waals surface area contributed by atoms with Crippen LogP contribution in [0.25, 0.3) is 0 Å². The topological polar surface area (TPSA) is 43.8 Å². The zero-order valence-electron chi connectivity index (χ0n) is 9.15. The zero-order chi connectivity index (χ0) is 11.5. The minimum atomic E-state index is -0.218. The Morgan fingerprint density at radius 1 is 1.44 bits per heavy atom. The van der Waals surface area contributed by atoms with Crippen LogP contribution < -0.4 is 5.73 Å². The molecule has 0 unspecified atom stereocenters. The highest BCUT2D eigenvalue weighted by atomic mass is 19.1. The summed E-state index contributed by atoms with van der Waals surface area (Å²) in [7, 11) is 0. The third-order valence-electron chi connectivity index (χ3n) is 2.58. The van der Waals surface area contributed by atoms with Crippen molar-refractivity contribution in [3.63, 3.8) is 0 Å². The van der Waals surface area contributed by atoms with Crippen molar-refractivity contribution < 1.29 is 4.39 Å². The number of benzene rings is 1. The molecule has 0 fully saturated rings. The summed E-state index contributed by atoms with van der Waals surface area (Å²) < 4.78 is 15.0. The zero-order valence-corrected chi connectivity index (χ0v) is 9.15. The van der Waals surface area contributed by atoms with Gasteiger partial charge in [-0.1, -0.05) is 12.1 Å². The molecule has 3 nitrogen and oxygen atoms in total. The molecule has 2 aromatic rings. The van der Waals surface area contributed by atoms with Gasteiger partial charge in [-0.3, -0.25) is 0 Å². The fourth-order valence-corrected chi connectivity index (χ4v) is 1.71. The lowest BCUT2D eigenvalue weighted by molar-refractivity contribution is 0.621. The molecule has 4 heteroatoms. The summed E-state index contributed by atoms with van der Waals surface area (Å²) in [5, 5.41) is 0. The van der Waals surface area contributed by atoms with Crippen LogP contribution in [0.2, 0.25) is 0 Å². The first kappa shape index (κ1) is 10.8. The van der Waals surface area contributed by atoms with Crippen LogP contribution >= 0.6 is 0 Å². The number of imidazole rings is 1. The molecule has 0 amide bonds. The van der Waals surface area contributed by atoms with Gasteiger partial charge in [0.1, 0.15) is 11.6 Å². The standard InChI is InChI=1S/C12H14FN3/c1-9-15-7-12(6-14)16(9)8-10-3-2-4-11(13)5-10/h2-5,7H,6,8,14H2,1H3. The van der Waals surface area contributed by atoms with Gasteiger partial charge in [0, 0.05) is 19.3 Å². The Kier molecular flexibility index (Phi) is 3.01. The maximum Gasteiger partial charge on any atom is 0.123 e. The molecule has 2 rings (SSSR count). The van der Waals surface area contributed by atoms with E-state index in [9.17, 15) is 4.39 Å². The number of aryl methyl sites for hydroxylation is 1. The summed E-state index contributed by atoms with van der Waals surface area (Å²) in [6, 6.07) is 6.57. The highest BCUT2D eigenvalue weighted by Gasteiger charge is 2.05. The Morgan fingerprint density at radius 3 is 2.94 bits per heavy atom. The predicted octanol–water partition coefficient (Wildman–Crippen LogP) is 1.84. The summed E-state index contributed by atoms with van der Waals surface area (Å²) in [5.74, 6) is 0.675. The Hall–Kier alpha value is -1.68. The molecule has 0 spiro atoms. The first-order valence-electron chi connectivity index (χ1n) is 5.16. The van der Waals surface area contributed by atoms with Crippen molar-refractivity contribution in [1.82, 2.24) is 9.55 Å². The van der Waals surface area contributed by atoms with Crippen molar-refractivity contribution >= 4 is 0 Å². The second-order valence-electron chi connectivity index (χ2n) is 3.72. The Labute approximate surface area is 93.7 Å². The fourth-order valence-electron chi connectivity index (χ4n) is 1.71. The lowest BCUT2D eigenvalue weighted by Crippen LogP contribution is -2.09. The maximum atomic E-state index is 13.0. The SMILES string of the molecule is Cc1ncc(CN)n1Cc1cccc(F)c1. The first-order valence-corrected chi connectivity index (χ1v) is 5.16. The van der Waals surface area contributed by atoms with Crippen molar-refractivity contribution in [3.8, 4) is 0 Å². The highest BCUT2D eigenvalue weighted by molar-refractivity contribution is 5.18. The van der Waals surface area contributed by atoms with Gasteiger partial charge in [-0.05, 0) is 24.6 Å². The summed E-state index contributed by atoms with van der Waals surface area (Å²) in [6.45, 7) is 2.96. The number of nitrogens with two attached hydrogens (primary N) is 1. The molecule has 0 saturated heterocycles. The molecule has 0 aliphatic carbocycles. The largest absolute Gasteiger partial charge is 0.327 e. The average Bonchev–Trinajstić information content (AvgIpc) is 2.60. The molecule has 1 aromatic carbocycles. The number of hydrogen-bond donors (Lipinski definition) is 1. The third kappa shape index (κ3) is 2.12. The van der Waals surface area contributed by atoms with E-state index >= 15 is 0 Å². The maximum absolute atomic E-state index is 13.0. The molecule has 16 heavy (non-hydrogen) atoms. The monoisotopic (exact) mass is 219 g/mol. The van der Waals surface area contributed by atoms with Crippen molar-refractivity contribution in [2.45, 2.75) is 20.0 Å². The van der Waals surface area contributed by atoms with Gasteiger partial charge in [-0.15, -0.1) is 0 Å². The summed E-state index contributed by atoms with van der Waals surface area (Å²) in [4.78, 5) is 4.20. The number of nitrogens with zero attached hydrogens (tertiary/aromatic N) is 2. The quantitative estimate of drug-likeness (QED) is 0.856. The second-order valence-corrected chi connectivity index (χ2v) is 3.72. The van der Waals surface area contributed by atoms with Crippen molar-refractivity contribution in [2.24, 2.45) is 5.73 Å². The third-order valence-corrected chi connectivity index (χ3v) is 2.58. The second kappa shape index (κ2) is 4.45. The first-order chi connectivity index (χ1) is 7.70. The summed E-state index contributed by atoms with van der Waals surface area (Å²) >= 11 is 0. The van der Waals surface area contributed by atoms with E-state index in [4.69, 9.17) is 5.73 Å². The van der Waals surface area contributed by atoms with E-state index in [1.54, 1.807) is 12.3 Å². The van der Waals surface area contributed by atoms with Gasteiger partial charge < -0.3 is 10.3 Å². The summed E-state index contributed by atoms with van der Waals surface area (Å²) in [6.07, 6.45) is 1.76. The molecule has 84 valence electrons. The van der Waals surface area contributed by atoms with E-state index in [1.165, 1.54) is 12.1 Å². The minimum absolute atomic E-state index is 0.218. The molecule has 1 heterocycles. The van der Waals surface area contributed by atoms with Crippen LogP contribution in [-0.4, -0.2) is 9.55 Å². The van der Waals surface area contributed by atoms with Crippen LogP contribution in [0, 0.1) is 12.7 Å². The average molecular weight is 219 g/mol. The number of halogens is 1. The molecule has 1 aromatic heterocycles. The molecule has 0 bridgehead atoms. The van der Waals surface area contributed by atoms with E-state index in [-0.39, 0.29) is 5.82 Å². The molecular weight excluding hydrogens is 205 g/mol. The Bertz CT molecular complexity index is 491. The van der Waals surface area contributed by atoms with E-state index in [0.717, 1.165) is 17.1 Å². The van der Waals surface area contributed by atoms with Gasteiger partial charge in [0.2, 0.25) is 0 Å². The van der Waals surface area contributed by atoms with Crippen LogP contribution in [0.4, 0.5) is 4.39 Å². The van der Waals surface area contributed by atoms with Crippen molar-refractivity contribution in [2.75, 3.05) is 0 Å². The lowest BCUT2D eigenvalue weighted by Gasteiger charge is -2.09. The van der Waals surface area contributed by atoms with Crippen molar-refractivity contribution in [3.05, 3.63) is 53.4 Å².